The fourth-order valence-corrected chi connectivity index (χ4v) is 3.38. The summed E-state index contributed by atoms with van der Waals surface area (Å²) in [6.45, 7) is 1.65. The molecule has 2 heterocycles. The SMILES string of the molecule is Cc1nc(-c2ccc(N=S(C)(=O)c3ccc(C(F)(F)F)cc3)cn2)no1. The topological polar surface area (TPSA) is 81.2 Å². The van der Waals surface area contributed by atoms with Gasteiger partial charge in [-0.15, -0.1) is 0 Å². The molecule has 1 atom stereocenters. The number of hydrogen-bond acceptors (Lipinski definition) is 6. The minimum Gasteiger partial charge on any atom is -0.339 e. The van der Waals surface area contributed by atoms with Gasteiger partial charge in [-0.25, -0.2) is 4.21 Å². The molecular weight excluding hydrogens is 369 g/mol. The highest BCUT2D eigenvalue weighted by atomic mass is 32.2. The molecule has 0 saturated carbocycles. The van der Waals surface area contributed by atoms with Crippen molar-refractivity contribution in [2.75, 3.05) is 6.26 Å². The Morgan fingerprint density at radius 3 is 2.31 bits per heavy atom. The van der Waals surface area contributed by atoms with Crippen molar-refractivity contribution >= 4 is 15.4 Å². The Kier molecular flexibility index (Phi) is 4.53. The molecule has 0 spiro atoms. The van der Waals surface area contributed by atoms with E-state index < -0.39 is 21.5 Å². The molecule has 26 heavy (non-hydrogen) atoms. The molecule has 0 aliphatic carbocycles. The average molecular weight is 382 g/mol. The summed E-state index contributed by atoms with van der Waals surface area (Å²) in [5.41, 5.74) is -0.0304. The van der Waals surface area contributed by atoms with Gasteiger partial charge in [-0.3, -0.25) is 4.98 Å². The van der Waals surface area contributed by atoms with Crippen molar-refractivity contribution in [1.82, 2.24) is 15.1 Å². The van der Waals surface area contributed by atoms with Gasteiger partial charge in [-0.05, 0) is 36.4 Å². The van der Waals surface area contributed by atoms with Crippen LogP contribution in [0.2, 0.25) is 0 Å². The first-order chi connectivity index (χ1) is 12.1. The van der Waals surface area contributed by atoms with Gasteiger partial charge in [0.05, 0.1) is 27.2 Å². The summed E-state index contributed by atoms with van der Waals surface area (Å²) in [7, 11) is -2.93. The van der Waals surface area contributed by atoms with Crippen molar-refractivity contribution in [2.45, 2.75) is 18.0 Å². The predicted octanol–water partition coefficient (Wildman–Crippen LogP) is 4.25. The molecule has 136 valence electrons. The molecule has 1 unspecified atom stereocenters. The van der Waals surface area contributed by atoms with E-state index in [1.54, 1.807) is 19.1 Å². The van der Waals surface area contributed by atoms with E-state index in [9.17, 15) is 17.4 Å². The normalized spacial score (nSPS) is 14.0. The third kappa shape index (κ3) is 3.90. The number of alkyl halides is 3. The minimum atomic E-state index is -4.45. The highest BCUT2D eigenvalue weighted by Crippen LogP contribution is 2.30. The van der Waals surface area contributed by atoms with Crippen LogP contribution in [0.25, 0.3) is 11.5 Å². The first-order valence-electron chi connectivity index (χ1n) is 7.31. The fourth-order valence-electron chi connectivity index (χ4n) is 2.13. The van der Waals surface area contributed by atoms with E-state index in [0.717, 1.165) is 12.1 Å². The summed E-state index contributed by atoms with van der Waals surface area (Å²) < 4.78 is 59.6. The maximum Gasteiger partial charge on any atom is 0.416 e. The molecule has 0 saturated heterocycles. The molecule has 1 aromatic carbocycles. The summed E-state index contributed by atoms with van der Waals surface area (Å²) in [5.74, 6) is 0.712. The van der Waals surface area contributed by atoms with Crippen molar-refractivity contribution < 1.29 is 21.9 Å². The predicted molar refractivity (Wildman–Crippen MR) is 88.1 cm³/mol. The highest BCUT2D eigenvalue weighted by Gasteiger charge is 2.30. The number of hydrogen-bond donors (Lipinski definition) is 0. The molecular formula is C16H13F3N4O2S. The quantitative estimate of drug-likeness (QED) is 0.676. The molecule has 10 heteroatoms. The lowest BCUT2D eigenvalue weighted by Gasteiger charge is -2.09. The van der Waals surface area contributed by atoms with Gasteiger partial charge in [0.2, 0.25) is 11.7 Å². The van der Waals surface area contributed by atoms with Gasteiger partial charge >= 0.3 is 6.18 Å². The molecule has 0 fully saturated rings. The molecule has 3 aromatic rings. The number of pyridine rings is 1. The van der Waals surface area contributed by atoms with Gasteiger partial charge in [0.15, 0.2) is 0 Å². The van der Waals surface area contributed by atoms with Gasteiger partial charge in [0.25, 0.3) is 0 Å². The van der Waals surface area contributed by atoms with E-state index in [1.165, 1.54) is 24.6 Å². The highest BCUT2D eigenvalue weighted by molar-refractivity contribution is 7.93. The van der Waals surface area contributed by atoms with E-state index in [2.05, 4.69) is 19.5 Å². The Morgan fingerprint density at radius 1 is 1.12 bits per heavy atom. The van der Waals surface area contributed by atoms with Crippen LogP contribution in [-0.4, -0.2) is 25.6 Å². The molecule has 0 aliphatic heterocycles. The van der Waals surface area contributed by atoms with Crippen LogP contribution in [-0.2, 0) is 15.9 Å². The second-order valence-electron chi connectivity index (χ2n) is 5.45. The van der Waals surface area contributed by atoms with Crippen LogP contribution in [0.5, 0.6) is 0 Å². The lowest BCUT2D eigenvalue weighted by Crippen LogP contribution is -2.05. The zero-order valence-electron chi connectivity index (χ0n) is 13.7. The fraction of sp³-hybridized carbons (Fsp3) is 0.188. The number of halogens is 3. The maximum absolute atomic E-state index is 12.8. The van der Waals surface area contributed by atoms with Crippen molar-refractivity contribution in [3.8, 4) is 11.5 Å². The van der Waals surface area contributed by atoms with Gasteiger partial charge in [-0.2, -0.15) is 22.5 Å². The first kappa shape index (κ1) is 18.1. The molecule has 0 amide bonds. The van der Waals surface area contributed by atoms with Crippen LogP contribution in [0.1, 0.15) is 11.5 Å². The standard InChI is InChI=1S/C16H13F3N4O2S/c1-10-21-15(22-25-10)14-8-5-12(9-20-14)23-26(2,24)13-6-3-11(4-7-13)16(17,18)19/h3-9H,1-2H3. The number of nitrogens with zero attached hydrogens (tertiary/aromatic N) is 4. The van der Waals surface area contributed by atoms with Crippen LogP contribution in [0.4, 0.5) is 18.9 Å². The molecule has 0 aliphatic rings. The third-order valence-corrected chi connectivity index (χ3v) is 5.11. The molecule has 0 radical (unpaired) electrons. The number of aryl methyl sites for hydroxylation is 1. The van der Waals surface area contributed by atoms with Crippen molar-refractivity contribution in [3.63, 3.8) is 0 Å². The molecule has 2 aromatic heterocycles. The summed E-state index contributed by atoms with van der Waals surface area (Å²) in [6, 6.07) is 7.26. The zero-order valence-corrected chi connectivity index (χ0v) is 14.5. The second-order valence-corrected chi connectivity index (χ2v) is 7.71. The van der Waals surface area contributed by atoms with Crippen LogP contribution in [0.3, 0.4) is 0 Å². The number of rotatable bonds is 3. The van der Waals surface area contributed by atoms with Gasteiger partial charge in [-0.1, -0.05) is 5.16 Å². The van der Waals surface area contributed by atoms with Gasteiger partial charge in [0.1, 0.15) is 5.69 Å². The molecule has 0 bridgehead atoms. The van der Waals surface area contributed by atoms with E-state index in [4.69, 9.17) is 4.52 Å². The van der Waals surface area contributed by atoms with E-state index in [0.29, 0.717) is 23.1 Å². The average Bonchev–Trinajstić information content (AvgIpc) is 3.01. The molecule has 3 rings (SSSR count). The Bertz CT molecular complexity index is 1030. The Labute approximate surface area is 147 Å². The van der Waals surface area contributed by atoms with E-state index in [1.807, 2.05) is 0 Å². The summed E-state index contributed by atoms with van der Waals surface area (Å²) in [5, 5.41) is 3.74. The smallest absolute Gasteiger partial charge is 0.339 e. The third-order valence-electron chi connectivity index (χ3n) is 3.40. The Balaban J connectivity index is 1.89. The molecule has 6 nitrogen and oxygen atoms in total. The number of aromatic nitrogens is 3. The lowest BCUT2D eigenvalue weighted by atomic mass is 10.2. The lowest BCUT2D eigenvalue weighted by molar-refractivity contribution is -0.137. The van der Waals surface area contributed by atoms with Gasteiger partial charge in [0, 0.05) is 18.1 Å². The van der Waals surface area contributed by atoms with Crippen LogP contribution < -0.4 is 0 Å². The summed E-state index contributed by atoms with van der Waals surface area (Å²) in [4.78, 5) is 8.37. The summed E-state index contributed by atoms with van der Waals surface area (Å²) >= 11 is 0. The monoisotopic (exact) mass is 382 g/mol. The van der Waals surface area contributed by atoms with Crippen molar-refractivity contribution in [3.05, 3.63) is 54.0 Å². The summed E-state index contributed by atoms with van der Waals surface area (Å²) in [6.07, 6.45) is -1.71. The second kappa shape index (κ2) is 6.52. The molecule has 0 N–H and O–H groups in total. The maximum atomic E-state index is 12.8. The van der Waals surface area contributed by atoms with E-state index >= 15 is 0 Å². The first-order valence-corrected chi connectivity index (χ1v) is 9.24. The largest absolute Gasteiger partial charge is 0.416 e. The van der Waals surface area contributed by atoms with E-state index in [-0.39, 0.29) is 4.90 Å². The van der Waals surface area contributed by atoms with Crippen LogP contribution in [0.15, 0.2) is 56.4 Å². The van der Waals surface area contributed by atoms with Crippen molar-refractivity contribution in [1.29, 1.82) is 0 Å². The van der Waals surface area contributed by atoms with Gasteiger partial charge < -0.3 is 4.52 Å². The number of benzene rings is 1. The van der Waals surface area contributed by atoms with Crippen LogP contribution in [0, 0.1) is 6.92 Å². The Morgan fingerprint density at radius 2 is 1.81 bits per heavy atom. The van der Waals surface area contributed by atoms with Crippen molar-refractivity contribution in [2.24, 2.45) is 4.36 Å². The Hall–Kier alpha value is -2.75. The van der Waals surface area contributed by atoms with Crippen LogP contribution >= 0.6 is 0 Å². The minimum absolute atomic E-state index is 0.198. The zero-order chi connectivity index (χ0) is 18.9.